The van der Waals surface area contributed by atoms with Crippen LogP contribution in [0.2, 0.25) is 5.02 Å². The number of rotatable bonds is 7. The van der Waals surface area contributed by atoms with Crippen molar-refractivity contribution in [2.24, 2.45) is 5.92 Å². The van der Waals surface area contributed by atoms with Gasteiger partial charge < -0.3 is 4.90 Å². The molecule has 4 aromatic rings. The molecule has 1 heterocycles. The fourth-order valence-electron chi connectivity index (χ4n) is 4.09. The van der Waals surface area contributed by atoms with Gasteiger partial charge in [0.1, 0.15) is 5.82 Å². The molecule has 0 aliphatic heterocycles. The zero-order valence-corrected chi connectivity index (χ0v) is 20.8. The smallest absolute Gasteiger partial charge is 0.266 e. The van der Waals surface area contributed by atoms with E-state index in [1.54, 1.807) is 45.9 Å². The van der Waals surface area contributed by atoms with Gasteiger partial charge in [0.15, 0.2) is 0 Å². The summed E-state index contributed by atoms with van der Waals surface area (Å²) >= 11 is 6.27. The van der Waals surface area contributed by atoms with Crippen molar-refractivity contribution in [3.8, 4) is 5.69 Å². The topological polar surface area (TPSA) is 55.2 Å². The van der Waals surface area contributed by atoms with Crippen molar-refractivity contribution in [3.05, 3.63) is 112 Å². The van der Waals surface area contributed by atoms with Crippen LogP contribution in [0.25, 0.3) is 22.7 Å². The molecule has 0 fully saturated rings. The minimum atomic E-state index is -0.471. The monoisotopic (exact) mass is 485 g/mol. The molecule has 0 aliphatic rings. The van der Waals surface area contributed by atoms with Gasteiger partial charge in [0, 0.05) is 17.6 Å². The summed E-state index contributed by atoms with van der Waals surface area (Å²) in [5.41, 5.74) is 1.95. The van der Waals surface area contributed by atoms with Crippen LogP contribution in [0.3, 0.4) is 0 Å². The van der Waals surface area contributed by atoms with Gasteiger partial charge in [-0.05, 0) is 54.8 Å². The number of nitrogens with zero attached hydrogens (tertiary/aromatic N) is 3. The van der Waals surface area contributed by atoms with Crippen molar-refractivity contribution < 1.29 is 4.79 Å². The van der Waals surface area contributed by atoms with E-state index in [0.29, 0.717) is 34.0 Å². The van der Waals surface area contributed by atoms with Gasteiger partial charge in [-0.15, -0.1) is 0 Å². The molecule has 0 bridgehead atoms. The molecular formula is C29H28ClN3O2. The van der Waals surface area contributed by atoms with Gasteiger partial charge in [0.05, 0.1) is 22.6 Å². The van der Waals surface area contributed by atoms with Crippen LogP contribution in [-0.4, -0.2) is 26.9 Å². The number of carbonyl (C=O) groups excluding carboxylic acids is 1. The van der Waals surface area contributed by atoms with E-state index in [-0.39, 0.29) is 17.4 Å². The molecule has 0 aliphatic carbocycles. The maximum absolute atomic E-state index is 13.7. The van der Waals surface area contributed by atoms with Crippen molar-refractivity contribution in [3.63, 3.8) is 0 Å². The highest BCUT2D eigenvalue weighted by Crippen LogP contribution is 2.25. The maximum Gasteiger partial charge on any atom is 0.266 e. The van der Waals surface area contributed by atoms with Gasteiger partial charge in [-0.3, -0.25) is 14.2 Å². The summed E-state index contributed by atoms with van der Waals surface area (Å²) in [6.07, 6.45) is 3.39. The highest BCUT2D eigenvalue weighted by molar-refractivity contribution is 6.30. The van der Waals surface area contributed by atoms with Crippen molar-refractivity contribution in [2.45, 2.75) is 26.8 Å². The molecule has 0 saturated carbocycles. The Labute approximate surface area is 210 Å². The van der Waals surface area contributed by atoms with Gasteiger partial charge in [-0.2, -0.15) is 0 Å². The first-order chi connectivity index (χ1) is 16.8. The second kappa shape index (κ2) is 10.7. The maximum atomic E-state index is 13.7. The Morgan fingerprint density at radius 2 is 1.71 bits per heavy atom. The lowest BCUT2D eigenvalue weighted by atomic mass is 10.1. The van der Waals surface area contributed by atoms with Gasteiger partial charge in [-0.1, -0.05) is 74.0 Å². The first-order valence-corrected chi connectivity index (χ1v) is 12.0. The van der Waals surface area contributed by atoms with Crippen molar-refractivity contribution in [1.82, 2.24) is 14.5 Å². The number of para-hydroxylation sites is 1. The SMILES string of the molecule is CC(C)CN(C(=O)/C=C/c1ccccc1)C(C)c1nc2ccccc2c(=O)n1-c1cccc(Cl)c1. The van der Waals surface area contributed by atoms with E-state index < -0.39 is 6.04 Å². The number of hydrogen-bond acceptors (Lipinski definition) is 3. The summed E-state index contributed by atoms with van der Waals surface area (Å²) in [5.74, 6) is 0.562. The van der Waals surface area contributed by atoms with E-state index in [0.717, 1.165) is 5.56 Å². The van der Waals surface area contributed by atoms with Crippen LogP contribution >= 0.6 is 11.6 Å². The molecular weight excluding hydrogens is 458 g/mol. The summed E-state index contributed by atoms with van der Waals surface area (Å²) in [6, 6.07) is 23.6. The highest BCUT2D eigenvalue weighted by atomic mass is 35.5. The number of benzene rings is 3. The van der Waals surface area contributed by atoms with Gasteiger partial charge in [0.25, 0.3) is 5.56 Å². The number of fused-ring (bicyclic) bond motifs is 1. The molecule has 0 spiro atoms. The minimum absolute atomic E-state index is 0.143. The second-order valence-corrected chi connectivity index (χ2v) is 9.35. The summed E-state index contributed by atoms with van der Waals surface area (Å²) < 4.78 is 1.57. The highest BCUT2D eigenvalue weighted by Gasteiger charge is 2.26. The van der Waals surface area contributed by atoms with E-state index in [9.17, 15) is 9.59 Å². The summed E-state index contributed by atoms with van der Waals surface area (Å²) in [7, 11) is 0. The normalized spacial score (nSPS) is 12.4. The lowest BCUT2D eigenvalue weighted by Crippen LogP contribution is -2.38. The number of hydrogen-bond donors (Lipinski definition) is 0. The molecule has 1 atom stereocenters. The van der Waals surface area contributed by atoms with Crippen LogP contribution < -0.4 is 5.56 Å². The Morgan fingerprint density at radius 3 is 2.43 bits per heavy atom. The van der Waals surface area contributed by atoms with E-state index in [4.69, 9.17) is 16.6 Å². The standard InChI is InChI=1S/C29H28ClN3O2/c1-20(2)19-32(27(34)17-16-22-10-5-4-6-11-22)21(3)28-31-26-15-8-7-14-25(26)29(35)33(28)24-13-9-12-23(30)18-24/h4-18,20-21H,19H2,1-3H3/b17-16+. The van der Waals surface area contributed by atoms with Gasteiger partial charge in [0.2, 0.25) is 5.91 Å². The van der Waals surface area contributed by atoms with E-state index in [1.807, 2.05) is 61.5 Å². The number of carbonyl (C=O) groups is 1. The minimum Gasteiger partial charge on any atom is -0.329 e. The molecule has 3 aromatic carbocycles. The van der Waals surface area contributed by atoms with Crippen LogP contribution in [0.4, 0.5) is 0 Å². The molecule has 178 valence electrons. The Hall–Kier alpha value is -3.70. The van der Waals surface area contributed by atoms with E-state index >= 15 is 0 Å². The van der Waals surface area contributed by atoms with Crippen LogP contribution in [0.15, 0.2) is 89.7 Å². The molecule has 0 N–H and O–H groups in total. The molecule has 5 nitrogen and oxygen atoms in total. The average Bonchev–Trinajstić information content (AvgIpc) is 2.86. The van der Waals surface area contributed by atoms with Crippen LogP contribution in [0.1, 0.15) is 38.2 Å². The number of halogens is 1. The number of amides is 1. The van der Waals surface area contributed by atoms with Crippen LogP contribution in [0.5, 0.6) is 0 Å². The van der Waals surface area contributed by atoms with E-state index in [2.05, 4.69) is 13.8 Å². The van der Waals surface area contributed by atoms with Crippen LogP contribution in [0, 0.1) is 5.92 Å². The molecule has 35 heavy (non-hydrogen) atoms. The third-order valence-electron chi connectivity index (χ3n) is 5.77. The van der Waals surface area contributed by atoms with Gasteiger partial charge >= 0.3 is 0 Å². The second-order valence-electron chi connectivity index (χ2n) is 8.91. The predicted octanol–water partition coefficient (Wildman–Crippen LogP) is 6.30. The third kappa shape index (κ3) is 5.52. The summed E-state index contributed by atoms with van der Waals surface area (Å²) in [6.45, 7) is 6.54. The molecule has 0 saturated heterocycles. The zero-order valence-electron chi connectivity index (χ0n) is 20.1. The number of aromatic nitrogens is 2. The molecule has 1 unspecified atom stereocenters. The Kier molecular flexibility index (Phi) is 7.47. The molecule has 4 rings (SSSR count). The van der Waals surface area contributed by atoms with Gasteiger partial charge in [-0.25, -0.2) is 4.98 Å². The average molecular weight is 486 g/mol. The third-order valence-corrected chi connectivity index (χ3v) is 6.01. The molecule has 1 aromatic heterocycles. The largest absolute Gasteiger partial charge is 0.329 e. The Bertz CT molecular complexity index is 1430. The van der Waals surface area contributed by atoms with Crippen LogP contribution in [-0.2, 0) is 4.79 Å². The first kappa shape index (κ1) is 24.4. The summed E-state index contributed by atoms with van der Waals surface area (Å²) in [4.78, 5) is 33.7. The fraction of sp³-hybridized carbons (Fsp3) is 0.207. The molecule has 0 radical (unpaired) electrons. The molecule has 1 amide bonds. The fourth-order valence-corrected chi connectivity index (χ4v) is 4.28. The molecule has 6 heteroatoms. The Balaban J connectivity index is 1.84. The Morgan fingerprint density at radius 1 is 1.00 bits per heavy atom. The lowest BCUT2D eigenvalue weighted by Gasteiger charge is -2.31. The van der Waals surface area contributed by atoms with Crippen molar-refractivity contribution >= 4 is 34.5 Å². The summed E-state index contributed by atoms with van der Waals surface area (Å²) in [5, 5.41) is 1.02. The van der Waals surface area contributed by atoms with Crippen molar-refractivity contribution in [2.75, 3.05) is 6.54 Å². The van der Waals surface area contributed by atoms with Crippen molar-refractivity contribution in [1.29, 1.82) is 0 Å². The first-order valence-electron chi connectivity index (χ1n) is 11.7. The lowest BCUT2D eigenvalue weighted by molar-refractivity contribution is -0.128. The zero-order chi connectivity index (χ0) is 24.9. The predicted molar refractivity (Wildman–Crippen MR) is 143 cm³/mol. The van der Waals surface area contributed by atoms with E-state index in [1.165, 1.54) is 0 Å². The quantitative estimate of drug-likeness (QED) is 0.289.